The molecule has 1 unspecified atom stereocenters. The third-order valence-electron chi connectivity index (χ3n) is 2.00. The molecule has 0 fully saturated rings. The van der Waals surface area contributed by atoms with E-state index in [0.29, 0.717) is 6.42 Å². The molecule has 5 nitrogen and oxygen atoms in total. The number of carbonyl (C=O) groups is 2. The van der Waals surface area contributed by atoms with E-state index < -0.39 is 24.0 Å². The summed E-state index contributed by atoms with van der Waals surface area (Å²) in [4.78, 5) is 22.2. The summed E-state index contributed by atoms with van der Waals surface area (Å²) < 4.78 is 0. The Balaban J connectivity index is 4.30. The summed E-state index contributed by atoms with van der Waals surface area (Å²) in [6.07, 6.45) is 5.47. The van der Waals surface area contributed by atoms with E-state index in [1.807, 2.05) is 13.8 Å². The van der Waals surface area contributed by atoms with Gasteiger partial charge < -0.3 is 16.2 Å². The zero-order chi connectivity index (χ0) is 12.7. The molecule has 1 amide bonds. The van der Waals surface area contributed by atoms with Crippen LogP contribution >= 0.6 is 0 Å². The van der Waals surface area contributed by atoms with E-state index in [-0.39, 0.29) is 12.3 Å². The lowest BCUT2D eigenvalue weighted by atomic mass is 10.0. The van der Waals surface area contributed by atoms with Crippen LogP contribution in [0.5, 0.6) is 0 Å². The van der Waals surface area contributed by atoms with Crippen LogP contribution in [0.1, 0.15) is 26.7 Å². The maximum atomic E-state index is 11.5. The van der Waals surface area contributed by atoms with E-state index in [1.54, 1.807) is 0 Å². The van der Waals surface area contributed by atoms with Crippen LogP contribution in [0.25, 0.3) is 0 Å². The molecule has 4 N–H and O–H groups in total. The molecule has 0 rings (SSSR count). The molecule has 5 heteroatoms. The van der Waals surface area contributed by atoms with Crippen molar-refractivity contribution in [3.63, 3.8) is 0 Å². The van der Waals surface area contributed by atoms with Crippen LogP contribution in [0.3, 0.4) is 0 Å². The Kier molecular flexibility index (Phi) is 6.19. The van der Waals surface area contributed by atoms with E-state index in [1.165, 1.54) is 0 Å². The monoisotopic (exact) mass is 226 g/mol. The summed E-state index contributed by atoms with van der Waals surface area (Å²) in [7, 11) is 0. The van der Waals surface area contributed by atoms with Crippen molar-refractivity contribution in [2.45, 2.75) is 38.8 Å². The normalized spacial score (nSPS) is 13.9. The Hall–Kier alpha value is -1.54. The second-order valence-electron chi connectivity index (χ2n) is 4.04. The molecule has 0 saturated carbocycles. The molecule has 0 aliphatic heterocycles. The average Bonchev–Trinajstić information content (AvgIpc) is 2.15. The number of carbonyl (C=O) groups excluding carboxylic acids is 1. The molecule has 0 saturated heterocycles. The molecule has 0 aromatic rings. The minimum absolute atomic E-state index is 0.0462. The molecule has 0 aliphatic carbocycles. The fourth-order valence-corrected chi connectivity index (χ4v) is 1.21. The first kappa shape index (κ1) is 14.5. The summed E-state index contributed by atoms with van der Waals surface area (Å²) >= 11 is 0. The van der Waals surface area contributed by atoms with Gasteiger partial charge in [-0.3, -0.25) is 4.79 Å². The second-order valence-corrected chi connectivity index (χ2v) is 4.04. The minimum atomic E-state index is -1.15. The van der Waals surface area contributed by atoms with Crippen molar-refractivity contribution in [1.29, 1.82) is 0 Å². The van der Waals surface area contributed by atoms with E-state index >= 15 is 0 Å². The molecule has 0 bridgehead atoms. The molecule has 0 aromatic heterocycles. The maximum Gasteiger partial charge on any atom is 0.327 e. The van der Waals surface area contributed by atoms with Gasteiger partial charge in [-0.15, -0.1) is 12.3 Å². The molecule has 0 spiro atoms. The number of aliphatic carboxylic acids is 1. The highest BCUT2D eigenvalue weighted by Crippen LogP contribution is 2.03. The number of rotatable bonds is 6. The maximum absolute atomic E-state index is 11.5. The minimum Gasteiger partial charge on any atom is -0.480 e. The van der Waals surface area contributed by atoms with Crippen molar-refractivity contribution in [3.8, 4) is 12.3 Å². The average molecular weight is 226 g/mol. The topological polar surface area (TPSA) is 92.4 Å². The van der Waals surface area contributed by atoms with Crippen LogP contribution in [0.4, 0.5) is 0 Å². The van der Waals surface area contributed by atoms with Crippen LogP contribution in [0.2, 0.25) is 0 Å². The van der Waals surface area contributed by atoms with Gasteiger partial charge in [-0.2, -0.15) is 0 Å². The van der Waals surface area contributed by atoms with Gasteiger partial charge in [-0.05, 0) is 12.3 Å². The van der Waals surface area contributed by atoms with Gasteiger partial charge in [0.25, 0.3) is 0 Å². The molecule has 16 heavy (non-hydrogen) atoms. The summed E-state index contributed by atoms with van der Waals surface area (Å²) in [6.45, 7) is 3.87. The fraction of sp³-hybridized carbons (Fsp3) is 0.636. The quantitative estimate of drug-likeness (QED) is 0.554. The Morgan fingerprint density at radius 1 is 1.50 bits per heavy atom. The smallest absolute Gasteiger partial charge is 0.327 e. The molecule has 0 aliphatic rings. The number of nitrogens with two attached hydrogens (primary N) is 1. The predicted molar refractivity (Wildman–Crippen MR) is 60.4 cm³/mol. The number of carboxylic acids is 1. The zero-order valence-electron chi connectivity index (χ0n) is 9.56. The molecule has 2 atom stereocenters. The zero-order valence-corrected chi connectivity index (χ0v) is 9.56. The molecule has 0 radical (unpaired) electrons. The summed E-state index contributed by atoms with van der Waals surface area (Å²) in [5, 5.41) is 11.1. The first-order valence-electron chi connectivity index (χ1n) is 5.10. The fourth-order valence-electron chi connectivity index (χ4n) is 1.21. The van der Waals surface area contributed by atoms with Crippen LogP contribution in [0.15, 0.2) is 0 Å². The van der Waals surface area contributed by atoms with Crippen LogP contribution in [-0.4, -0.2) is 29.1 Å². The number of terminal acetylenes is 1. The van der Waals surface area contributed by atoms with Crippen molar-refractivity contribution in [2.24, 2.45) is 11.7 Å². The van der Waals surface area contributed by atoms with Gasteiger partial charge in [0.05, 0.1) is 6.04 Å². The SMILES string of the molecule is C#CCC(NC(=O)[C@H](N)CC(C)C)C(=O)O. The van der Waals surface area contributed by atoms with Crippen LogP contribution in [0, 0.1) is 18.3 Å². The van der Waals surface area contributed by atoms with Crippen molar-refractivity contribution in [3.05, 3.63) is 0 Å². The van der Waals surface area contributed by atoms with Gasteiger partial charge in [0.2, 0.25) is 5.91 Å². The van der Waals surface area contributed by atoms with E-state index in [0.717, 1.165) is 0 Å². The van der Waals surface area contributed by atoms with Crippen LogP contribution in [-0.2, 0) is 9.59 Å². The van der Waals surface area contributed by atoms with E-state index in [9.17, 15) is 9.59 Å². The lowest BCUT2D eigenvalue weighted by Crippen LogP contribution is -2.48. The van der Waals surface area contributed by atoms with Crippen molar-refractivity contribution < 1.29 is 14.7 Å². The molecule has 0 aromatic carbocycles. The summed E-state index contributed by atoms with van der Waals surface area (Å²) in [5.41, 5.74) is 5.61. The number of amides is 1. The van der Waals surface area contributed by atoms with Crippen molar-refractivity contribution in [1.82, 2.24) is 5.32 Å². The van der Waals surface area contributed by atoms with Gasteiger partial charge in [0.15, 0.2) is 0 Å². The molecule has 0 heterocycles. The summed E-state index contributed by atoms with van der Waals surface area (Å²) in [5.74, 6) is 0.847. The lowest BCUT2D eigenvalue weighted by molar-refractivity contribution is -0.141. The molecular weight excluding hydrogens is 208 g/mol. The Morgan fingerprint density at radius 3 is 2.44 bits per heavy atom. The Labute approximate surface area is 95.4 Å². The van der Waals surface area contributed by atoms with Crippen molar-refractivity contribution in [2.75, 3.05) is 0 Å². The van der Waals surface area contributed by atoms with E-state index in [2.05, 4.69) is 11.2 Å². The summed E-state index contributed by atoms with van der Waals surface area (Å²) in [6, 6.07) is -1.75. The number of hydrogen-bond acceptors (Lipinski definition) is 3. The van der Waals surface area contributed by atoms with Gasteiger partial charge in [-0.1, -0.05) is 13.8 Å². The third-order valence-corrected chi connectivity index (χ3v) is 2.00. The largest absolute Gasteiger partial charge is 0.480 e. The van der Waals surface area contributed by atoms with Crippen molar-refractivity contribution >= 4 is 11.9 Å². The predicted octanol–water partition coefficient (Wildman–Crippen LogP) is -0.0475. The molecular formula is C11H18N2O3. The second kappa shape index (κ2) is 6.85. The van der Waals surface area contributed by atoms with Gasteiger partial charge in [-0.25, -0.2) is 4.79 Å². The Bertz CT molecular complexity index is 294. The first-order chi connectivity index (χ1) is 7.38. The number of hydrogen-bond donors (Lipinski definition) is 3. The highest BCUT2D eigenvalue weighted by molar-refractivity contribution is 5.86. The van der Waals surface area contributed by atoms with Gasteiger partial charge in [0.1, 0.15) is 6.04 Å². The number of carboxylic acid groups (broad SMARTS) is 1. The standard InChI is InChI=1S/C11H18N2O3/c1-4-5-9(11(15)16)13-10(14)8(12)6-7(2)3/h1,7-9H,5-6,12H2,2-3H3,(H,13,14)(H,15,16)/t8-,9?/m1/s1. The van der Waals surface area contributed by atoms with E-state index in [4.69, 9.17) is 17.3 Å². The highest BCUT2D eigenvalue weighted by atomic mass is 16.4. The molecule has 90 valence electrons. The third kappa shape index (κ3) is 5.37. The number of nitrogens with one attached hydrogen (secondary N) is 1. The lowest BCUT2D eigenvalue weighted by Gasteiger charge is -2.17. The first-order valence-corrected chi connectivity index (χ1v) is 5.10. The van der Waals surface area contributed by atoms with Gasteiger partial charge in [0, 0.05) is 6.42 Å². The Morgan fingerprint density at radius 2 is 2.06 bits per heavy atom. The highest BCUT2D eigenvalue weighted by Gasteiger charge is 2.22. The van der Waals surface area contributed by atoms with Gasteiger partial charge >= 0.3 is 5.97 Å². The van der Waals surface area contributed by atoms with Crippen LogP contribution < -0.4 is 11.1 Å².